The third-order valence-electron chi connectivity index (χ3n) is 5.29. The average Bonchev–Trinajstić information content (AvgIpc) is 3.41. The molecule has 35 heavy (non-hydrogen) atoms. The monoisotopic (exact) mass is 534 g/mol. The molecule has 0 aliphatic carbocycles. The van der Waals surface area contributed by atoms with Crippen molar-refractivity contribution in [1.82, 2.24) is 9.55 Å². The van der Waals surface area contributed by atoms with Gasteiger partial charge in [-0.15, -0.1) is 11.3 Å². The number of rotatable bonds is 8. The molecule has 0 aliphatic rings. The Morgan fingerprint density at radius 2 is 1.94 bits per heavy atom. The van der Waals surface area contributed by atoms with Gasteiger partial charge in [-0.05, 0) is 30.7 Å². The number of aromatic nitrogens is 2. The van der Waals surface area contributed by atoms with Gasteiger partial charge >= 0.3 is 5.97 Å². The number of thiophene rings is 1. The molecule has 2 aromatic heterocycles. The summed E-state index contributed by atoms with van der Waals surface area (Å²) in [6.45, 7) is 1.82. The van der Waals surface area contributed by atoms with Gasteiger partial charge < -0.3 is 14.2 Å². The Labute approximate surface area is 211 Å². The molecule has 184 valence electrons. The Bertz CT molecular complexity index is 1510. The number of fused-ring (bicyclic) bond motifs is 1. The average molecular weight is 535 g/mol. The molecule has 0 radical (unpaired) electrons. The molecule has 0 amide bonds. The van der Waals surface area contributed by atoms with Gasteiger partial charge in [-0.2, -0.15) is 0 Å². The van der Waals surface area contributed by atoms with E-state index in [1.807, 2.05) is 19.1 Å². The first-order valence-electron chi connectivity index (χ1n) is 10.5. The van der Waals surface area contributed by atoms with Crippen molar-refractivity contribution in [2.45, 2.75) is 18.8 Å². The maximum atomic E-state index is 12.5. The second kappa shape index (κ2) is 9.88. The van der Waals surface area contributed by atoms with E-state index < -0.39 is 21.9 Å². The summed E-state index contributed by atoms with van der Waals surface area (Å²) in [6.07, 6.45) is 2.31. The maximum absolute atomic E-state index is 12.5. The molecule has 0 N–H and O–H groups in total. The van der Waals surface area contributed by atoms with Crippen LogP contribution >= 0.6 is 22.9 Å². The molecule has 1 atom stereocenters. The fourth-order valence-corrected chi connectivity index (χ4v) is 5.81. The fourth-order valence-electron chi connectivity index (χ4n) is 3.68. The number of halogens is 1. The first-order valence-corrected chi connectivity index (χ1v) is 13.7. The van der Waals surface area contributed by atoms with E-state index in [0.29, 0.717) is 43.7 Å². The third kappa shape index (κ3) is 5.29. The first-order chi connectivity index (χ1) is 16.6. The van der Waals surface area contributed by atoms with E-state index in [-0.39, 0.29) is 10.6 Å². The molecule has 2 heterocycles. The van der Waals surface area contributed by atoms with Crippen LogP contribution in [0.1, 0.15) is 33.8 Å². The van der Waals surface area contributed by atoms with Crippen LogP contribution in [0, 0.1) is 0 Å². The number of ether oxygens (including phenoxy) is 3. The lowest BCUT2D eigenvalue weighted by Crippen LogP contribution is -2.07. The van der Waals surface area contributed by atoms with E-state index in [2.05, 4.69) is 4.98 Å². The van der Waals surface area contributed by atoms with Crippen molar-refractivity contribution in [2.75, 3.05) is 20.5 Å². The summed E-state index contributed by atoms with van der Waals surface area (Å²) in [7, 11) is -0.361. The lowest BCUT2D eigenvalue weighted by atomic mass is 10.1. The predicted octanol–water partition coefficient (Wildman–Crippen LogP) is 5.22. The summed E-state index contributed by atoms with van der Waals surface area (Å²) < 4.78 is 41.7. The van der Waals surface area contributed by atoms with Gasteiger partial charge in [-0.3, -0.25) is 4.57 Å². The van der Waals surface area contributed by atoms with Gasteiger partial charge in [-0.1, -0.05) is 29.8 Å². The van der Waals surface area contributed by atoms with E-state index in [1.54, 1.807) is 41.2 Å². The number of sulfone groups is 1. The Morgan fingerprint density at radius 1 is 1.17 bits per heavy atom. The zero-order valence-corrected chi connectivity index (χ0v) is 21.8. The van der Waals surface area contributed by atoms with Crippen LogP contribution < -0.4 is 9.47 Å². The van der Waals surface area contributed by atoms with Crippen LogP contribution in [0.5, 0.6) is 11.5 Å². The van der Waals surface area contributed by atoms with E-state index in [1.165, 1.54) is 31.8 Å². The highest BCUT2D eigenvalue weighted by Gasteiger charge is 2.23. The summed E-state index contributed by atoms with van der Waals surface area (Å²) in [5.41, 5.74) is 2.74. The summed E-state index contributed by atoms with van der Waals surface area (Å²) in [5.74, 6) is 0.229. The van der Waals surface area contributed by atoms with Gasteiger partial charge in [0.15, 0.2) is 14.7 Å². The number of benzene rings is 2. The van der Waals surface area contributed by atoms with Crippen molar-refractivity contribution >= 4 is 49.8 Å². The van der Waals surface area contributed by atoms with Crippen molar-refractivity contribution in [3.8, 4) is 16.5 Å². The molecule has 0 unspecified atom stereocenters. The van der Waals surface area contributed by atoms with Gasteiger partial charge in [0, 0.05) is 17.9 Å². The molecule has 0 fully saturated rings. The Morgan fingerprint density at radius 3 is 2.63 bits per heavy atom. The minimum atomic E-state index is -3.20. The second-order valence-corrected chi connectivity index (χ2v) is 11.4. The molecule has 4 rings (SSSR count). The summed E-state index contributed by atoms with van der Waals surface area (Å²) in [5, 5.41) is 1.08. The third-order valence-corrected chi connectivity index (χ3v) is 7.65. The van der Waals surface area contributed by atoms with Crippen LogP contribution in [0.4, 0.5) is 0 Å². The zero-order valence-electron chi connectivity index (χ0n) is 19.4. The van der Waals surface area contributed by atoms with Crippen LogP contribution in [0.3, 0.4) is 0 Å². The first kappa shape index (κ1) is 25.0. The number of esters is 1. The number of carbonyl (C=O) groups is 1. The van der Waals surface area contributed by atoms with Crippen LogP contribution in [0.15, 0.2) is 48.8 Å². The van der Waals surface area contributed by atoms with Gasteiger partial charge in [0.1, 0.15) is 28.9 Å². The Kier molecular flexibility index (Phi) is 7.07. The number of nitrogens with zero attached hydrogens (tertiary/aromatic N) is 2. The molecule has 0 saturated heterocycles. The van der Waals surface area contributed by atoms with Gasteiger partial charge in [-0.25, -0.2) is 18.2 Å². The highest BCUT2D eigenvalue weighted by Crippen LogP contribution is 2.39. The van der Waals surface area contributed by atoms with E-state index in [9.17, 15) is 13.2 Å². The summed E-state index contributed by atoms with van der Waals surface area (Å²) >= 11 is 7.64. The molecule has 8 nitrogen and oxygen atoms in total. The van der Waals surface area contributed by atoms with Gasteiger partial charge in [0.05, 0.1) is 36.0 Å². The highest BCUT2D eigenvalue weighted by atomic mass is 35.5. The molecule has 0 aliphatic heterocycles. The van der Waals surface area contributed by atoms with Crippen LogP contribution in [-0.4, -0.2) is 44.4 Å². The highest BCUT2D eigenvalue weighted by molar-refractivity contribution is 7.89. The molecule has 2 aromatic carbocycles. The lowest BCUT2D eigenvalue weighted by Gasteiger charge is -2.17. The molecule has 4 aromatic rings. The fraction of sp³-hybridized carbons (Fsp3) is 0.250. The zero-order chi connectivity index (χ0) is 25.3. The van der Waals surface area contributed by atoms with Crippen molar-refractivity contribution < 1.29 is 27.4 Å². The van der Waals surface area contributed by atoms with E-state index in [0.717, 1.165) is 0 Å². The number of methoxy groups -OCH3 is 2. The van der Waals surface area contributed by atoms with Crippen molar-refractivity contribution in [3.05, 3.63) is 69.8 Å². The normalized spacial score (nSPS) is 12.5. The summed E-state index contributed by atoms with van der Waals surface area (Å²) in [4.78, 5) is 17.2. The van der Waals surface area contributed by atoms with Crippen molar-refractivity contribution in [2.24, 2.45) is 0 Å². The number of carbonyl (C=O) groups excluding carboxylic acids is 1. The number of imidazole rings is 1. The number of hydrogen-bond donors (Lipinski definition) is 0. The Balaban J connectivity index is 1.75. The second-order valence-electron chi connectivity index (χ2n) is 7.90. The van der Waals surface area contributed by atoms with E-state index in [4.69, 9.17) is 25.8 Å². The minimum Gasteiger partial charge on any atom is -0.495 e. The van der Waals surface area contributed by atoms with Crippen molar-refractivity contribution in [3.63, 3.8) is 0 Å². The SMILES string of the molecule is COC(=O)c1sc(-n2cnc3ccc(CS(C)(=O)=O)cc32)cc1O[C@H](C)c1cccc(OC)c1Cl. The molecule has 11 heteroatoms. The minimum absolute atomic E-state index is 0.0842. The molecule has 0 spiro atoms. The summed E-state index contributed by atoms with van der Waals surface area (Å²) in [6, 6.07) is 12.4. The van der Waals surface area contributed by atoms with E-state index >= 15 is 0 Å². The molecular formula is C24H23ClN2O6S2. The quantitative estimate of drug-likeness (QED) is 0.286. The van der Waals surface area contributed by atoms with Gasteiger partial charge in [0.25, 0.3) is 0 Å². The Hall–Kier alpha value is -3.08. The topological polar surface area (TPSA) is 96.7 Å². The van der Waals surface area contributed by atoms with Crippen LogP contribution in [0.25, 0.3) is 16.0 Å². The molecule has 0 saturated carbocycles. The smallest absolute Gasteiger partial charge is 0.351 e. The molecule has 0 bridgehead atoms. The largest absolute Gasteiger partial charge is 0.495 e. The molecular weight excluding hydrogens is 512 g/mol. The van der Waals surface area contributed by atoms with Gasteiger partial charge in [0.2, 0.25) is 0 Å². The number of hydrogen-bond acceptors (Lipinski definition) is 8. The standard InChI is InChI=1S/C24H23ClN2O6S2/c1-14(16-6-5-7-19(31-2)22(16)25)33-20-11-21(34-23(20)24(28)32-3)27-13-26-17-9-8-15(10-18(17)27)12-35(4,29)30/h5-11,13-14H,12H2,1-4H3/t14-/m1/s1. The lowest BCUT2D eigenvalue weighted by molar-refractivity contribution is 0.0600. The maximum Gasteiger partial charge on any atom is 0.351 e. The van der Waals surface area contributed by atoms with Crippen LogP contribution in [0.2, 0.25) is 5.02 Å². The van der Waals surface area contributed by atoms with Crippen LogP contribution in [-0.2, 0) is 20.3 Å². The predicted molar refractivity (Wildman–Crippen MR) is 136 cm³/mol. The van der Waals surface area contributed by atoms with Crippen molar-refractivity contribution in [1.29, 1.82) is 0 Å².